The standard InChI is InChI=1S/C15H20NO2/c1-14(2,3)18-13(17)16-15(10-7-11-15)12-8-5-4-6-9-12/h4-5,8-9H,7,10-11H2,1-3H3,(H,16,17). The van der Waals surface area contributed by atoms with Crippen molar-refractivity contribution >= 4 is 6.09 Å². The molecule has 0 aliphatic heterocycles. The minimum atomic E-state index is -0.460. The Bertz CT molecular complexity index is 416. The van der Waals surface area contributed by atoms with Crippen LogP contribution in [0.3, 0.4) is 0 Å². The van der Waals surface area contributed by atoms with Gasteiger partial charge in [0, 0.05) is 0 Å². The summed E-state index contributed by atoms with van der Waals surface area (Å²) >= 11 is 0. The van der Waals surface area contributed by atoms with Crippen molar-refractivity contribution in [3.63, 3.8) is 0 Å². The number of carbonyl (C=O) groups excluding carboxylic acids is 1. The fourth-order valence-corrected chi connectivity index (χ4v) is 2.21. The lowest BCUT2D eigenvalue weighted by atomic mass is 9.72. The van der Waals surface area contributed by atoms with E-state index in [1.165, 1.54) is 0 Å². The van der Waals surface area contributed by atoms with Crippen molar-refractivity contribution in [2.75, 3.05) is 0 Å². The monoisotopic (exact) mass is 246 g/mol. The third-order valence-electron chi connectivity index (χ3n) is 3.21. The summed E-state index contributed by atoms with van der Waals surface area (Å²) in [6.45, 7) is 5.61. The molecule has 0 atom stereocenters. The van der Waals surface area contributed by atoms with Crippen LogP contribution < -0.4 is 5.32 Å². The van der Waals surface area contributed by atoms with Crippen molar-refractivity contribution in [1.82, 2.24) is 5.32 Å². The molecule has 0 aromatic heterocycles. The molecule has 1 radical (unpaired) electrons. The van der Waals surface area contributed by atoms with Gasteiger partial charge in [-0.1, -0.05) is 18.2 Å². The van der Waals surface area contributed by atoms with Gasteiger partial charge in [0.05, 0.1) is 5.54 Å². The Hall–Kier alpha value is -1.51. The van der Waals surface area contributed by atoms with Crippen molar-refractivity contribution in [1.29, 1.82) is 0 Å². The van der Waals surface area contributed by atoms with Crippen LogP contribution in [0.2, 0.25) is 0 Å². The average Bonchev–Trinajstić information content (AvgIpc) is 2.22. The second kappa shape index (κ2) is 4.63. The predicted octanol–water partition coefficient (Wildman–Crippen LogP) is 3.39. The molecule has 0 spiro atoms. The number of amides is 1. The Labute approximate surface area is 109 Å². The summed E-state index contributed by atoms with van der Waals surface area (Å²) in [6, 6.07) is 10.9. The van der Waals surface area contributed by atoms with Crippen molar-refractivity contribution in [3.05, 3.63) is 35.9 Å². The number of rotatable bonds is 2. The highest BCUT2D eigenvalue weighted by Gasteiger charge is 2.40. The lowest BCUT2D eigenvalue weighted by Crippen LogP contribution is -2.52. The van der Waals surface area contributed by atoms with Gasteiger partial charge in [0.1, 0.15) is 5.60 Å². The summed E-state index contributed by atoms with van der Waals surface area (Å²) < 4.78 is 5.33. The Morgan fingerprint density at radius 2 is 2.17 bits per heavy atom. The van der Waals surface area contributed by atoms with E-state index in [1.54, 1.807) is 0 Å². The number of hydrogen-bond acceptors (Lipinski definition) is 2. The van der Waals surface area contributed by atoms with Crippen LogP contribution in [0, 0.1) is 6.07 Å². The van der Waals surface area contributed by atoms with E-state index in [9.17, 15) is 4.79 Å². The van der Waals surface area contributed by atoms with Crippen molar-refractivity contribution in [2.45, 2.75) is 51.2 Å². The maximum absolute atomic E-state index is 11.9. The third-order valence-corrected chi connectivity index (χ3v) is 3.21. The van der Waals surface area contributed by atoms with Crippen molar-refractivity contribution in [3.8, 4) is 0 Å². The van der Waals surface area contributed by atoms with E-state index in [-0.39, 0.29) is 11.6 Å². The lowest BCUT2D eigenvalue weighted by Gasteiger charge is -2.43. The summed E-state index contributed by atoms with van der Waals surface area (Å²) in [7, 11) is 0. The second-order valence-corrected chi connectivity index (χ2v) is 5.85. The summed E-state index contributed by atoms with van der Waals surface area (Å²) in [5.74, 6) is 0. The van der Waals surface area contributed by atoms with E-state index in [1.807, 2.05) is 45.0 Å². The molecule has 3 nitrogen and oxygen atoms in total. The number of hydrogen-bond donors (Lipinski definition) is 1. The zero-order valence-electron chi connectivity index (χ0n) is 11.2. The van der Waals surface area contributed by atoms with Crippen LogP contribution in [0.15, 0.2) is 24.3 Å². The summed E-state index contributed by atoms with van der Waals surface area (Å²) in [5, 5.41) is 3.02. The van der Waals surface area contributed by atoms with Gasteiger partial charge in [-0.15, -0.1) is 0 Å². The summed E-state index contributed by atoms with van der Waals surface area (Å²) in [4.78, 5) is 11.9. The molecule has 2 rings (SSSR count). The van der Waals surface area contributed by atoms with E-state index in [0.29, 0.717) is 0 Å². The van der Waals surface area contributed by atoms with Crippen LogP contribution in [-0.2, 0) is 10.3 Å². The molecule has 18 heavy (non-hydrogen) atoms. The number of alkyl carbamates (subject to hydrolysis) is 1. The normalized spacial score (nSPS) is 17.7. The third kappa shape index (κ3) is 2.84. The van der Waals surface area contributed by atoms with Crippen molar-refractivity contribution < 1.29 is 9.53 Å². The van der Waals surface area contributed by atoms with Gasteiger partial charge in [0.2, 0.25) is 0 Å². The number of ether oxygens (including phenoxy) is 1. The van der Waals surface area contributed by atoms with Crippen LogP contribution in [-0.4, -0.2) is 11.7 Å². The molecule has 1 aliphatic rings. The van der Waals surface area contributed by atoms with Gasteiger partial charge < -0.3 is 10.1 Å². The number of nitrogens with one attached hydrogen (secondary N) is 1. The molecular formula is C15H20NO2. The first kappa shape index (κ1) is 12.9. The van der Waals surface area contributed by atoms with E-state index in [2.05, 4.69) is 11.4 Å². The predicted molar refractivity (Wildman–Crippen MR) is 70.2 cm³/mol. The highest BCUT2D eigenvalue weighted by Crippen LogP contribution is 2.41. The molecule has 1 amide bonds. The Morgan fingerprint density at radius 3 is 2.61 bits per heavy atom. The highest BCUT2D eigenvalue weighted by atomic mass is 16.6. The summed E-state index contributed by atoms with van der Waals surface area (Å²) in [5.41, 5.74) is 0.403. The van der Waals surface area contributed by atoms with Gasteiger partial charge in [-0.05, 0) is 57.7 Å². The van der Waals surface area contributed by atoms with Crippen LogP contribution in [0.25, 0.3) is 0 Å². The zero-order valence-corrected chi connectivity index (χ0v) is 11.2. The molecule has 0 saturated heterocycles. The molecule has 3 heteroatoms. The van der Waals surface area contributed by atoms with Gasteiger partial charge in [0.15, 0.2) is 0 Å². The van der Waals surface area contributed by atoms with E-state index < -0.39 is 5.60 Å². The van der Waals surface area contributed by atoms with E-state index in [4.69, 9.17) is 4.74 Å². The zero-order chi connectivity index (χ0) is 13.2. The first-order valence-corrected chi connectivity index (χ1v) is 6.39. The first-order valence-electron chi connectivity index (χ1n) is 6.39. The molecule has 0 heterocycles. The molecular weight excluding hydrogens is 226 g/mol. The Morgan fingerprint density at radius 1 is 1.44 bits per heavy atom. The minimum Gasteiger partial charge on any atom is -0.444 e. The van der Waals surface area contributed by atoms with Crippen LogP contribution in [0.4, 0.5) is 4.79 Å². The fraction of sp³-hybridized carbons (Fsp3) is 0.533. The Balaban J connectivity index is 2.08. The highest BCUT2D eigenvalue weighted by molar-refractivity contribution is 5.69. The largest absolute Gasteiger partial charge is 0.444 e. The van der Waals surface area contributed by atoms with Crippen molar-refractivity contribution in [2.24, 2.45) is 0 Å². The molecule has 97 valence electrons. The summed E-state index contributed by atoms with van der Waals surface area (Å²) in [6.07, 6.45) is 2.71. The first-order chi connectivity index (χ1) is 8.41. The Kier molecular flexibility index (Phi) is 3.33. The van der Waals surface area contributed by atoms with Gasteiger partial charge in [0.25, 0.3) is 0 Å². The maximum Gasteiger partial charge on any atom is 0.408 e. The number of carbonyl (C=O) groups is 1. The molecule has 1 aromatic rings. The lowest BCUT2D eigenvalue weighted by molar-refractivity contribution is 0.0377. The topological polar surface area (TPSA) is 38.3 Å². The second-order valence-electron chi connectivity index (χ2n) is 5.85. The smallest absolute Gasteiger partial charge is 0.408 e. The molecule has 1 aromatic carbocycles. The van der Waals surface area contributed by atoms with Gasteiger partial charge in [-0.2, -0.15) is 0 Å². The molecule has 0 bridgehead atoms. The van der Waals surface area contributed by atoms with E-state index in [0.717, 1.165) is 24.8 Å². The van der Waals surface area contributed by atoms with Crippen LogP contribution in [0.5, 0.6) is 0 Å². The number of benzene rings is 1. The van der Waals surface area contributed by atoms with Crippen LogP contribution >= 0.6 is 0 Å². The van der Waals surface area contributed by atoms with E-state index >= 15 is 0 Å². The quantitative estimate of drug-likeness (QED) is 0.868. The fourth-order valence-electron chi connectivity index (χ4n) is 2.21. The average molecular weight is 246 g/mol. The molecule has 1 fully saturated rings. The van der Waals surface area contributed by atoms with Crippen LogP contribution in [0.1, 0.15) is 45.6 Å². The maximum atomic E-state index is 11.9. The molecule has 1 aliphatic carbocycles. The molecule has 0 unspecified atom stereocenters. The van der Waals surface area contributed by atoms with Gasteiger partial charge in [-0.3, -0.25) is 0 Å². The van der Waals surface area contributed by atoms with Gasteiger partial charge in [-0.25, -0.2) is 4.79 Å². The minimum absolute atomic E-state index is 0.250. The molecule has 1 N–H and O–H groups in total. The van der Waals surface area contributed by atoms with Gasteiger partial charge >= 0.3 is 6.09 Å². The molecule has 1 saturated carbocycles. The SMILES string of the molecule is CC(C)(C)OC(=O)NC1(c2c[c]ccc2)CCC1.